The summed E-state index contributed by atoms with van der Waals surface area (Å²) in [6, 6.07) is 14.2. The molecule has 0 unspecified atom stereocenters. The van der Waals surface area contributed by atoms with Crippen LogP contribution in [0.2, 0.25) is 0 Å². The van der Waals surface area contributed by atoms with E-state index in [1.54, 1.807) is 43.4 Å². The molecule has 0 saturated heterocycles. The Morgan fingerprint density at radius 3 is 2.08 bits per heavy atom. The monoisotopic (exact) mass is 339 g/mol. The maximum Gasteiger partial charge on any atom is 0.228 e. The van der Waals surface area contributed by atoms with Crippen molar-refractivity contribution in [3.63, 3.8) is 0 Å². The van der Waals surface area contributed by atoms with Gasteiger partial charge in [0, 0.05) is 38.0 Å². The van der Waals surface area contributed by atoms with Gasteiger partial charge in [-0.1, -0.05) is 18.2 Å². The van der Waals surface area contributed by atoms with Crippen LogP contribution in [-0.4, -0.2) is 24.8 Å². The summed E-state index contributed by atoms with van der Waals surface area (Å²) < 4.78 is 0. The van der Waals surface area contributed by atoms with Crippen LogP contribution >= 0.6 is 0 Å². The minimum atomic E-state index is -0.168. The molecule has 2 rings (SSSR count). The van der Waals surface area contributed by atoms with Crippen LogP contribution in [0.1, 0.15) is 19.4 Å². The molecule has 0 fully saturated rings. The van der Waals surface area contributed by atoms with Gasteiger partial charge >= 0.3 is 0 Å². The van der Waals surface area contributed by atoms with Gasteiger partial charge in [0.15, 0.2) is 0 Å². The van der Waals surface area contributed by atoms with Gasteiger partial charge in [-0.2, -0.15) is 0 Å². The minimum absolute atomic E-state index is 0.0513. The second-order valence-corrected chi connectivity index (χ2v) is 5.73. The average molecular weight is 339 g/mol. The van der Waals surface area contributed by atoms with Crippen LogP contribution in [-0.2, 0) is 20.8 Å². The first-order chi connectivity index (χ1) is 11.8. The molecule has 0 heterocycles. The van der Waals surface area contributed by atoms with E-state index in [0.717, 1.165) is 11.3 Å². The van der Waals surface area contributed by atoms with Gasteiger partial charge in [-0.15, -0.1) is 0 Å². The molecular weight excluding hydrogens is 318 g/mol. The summed E-state index contributed by atoms with van der Waals surface area (Å²) in [5, 5.41) is 5.48. The summed E-state index contributed by atoms with van der Waals surface area (Å²) in [6.07, 6.45) is 0.217. The molecule has 0 saturated carbocycles. The van der Waals surface area contributed by atoms with E-state index < -0.39 is 0 Å². The van der Waals surface area contributed by atoms with Crippen LogP contribution in [0.3, 0.4) is 0 Å². The maximum atomic E-state index is 12.2. The molecule has 6 heteroatoms. The first-order valence-electron chi connectivity index (χ1n) is 7.86. The van der Waals surface area contributed by atoms with Crippen molar-refractivity contribution >= 4 is 34.8 Å². The van der Waals surface area contributed by atoms with Crippen LogP contribution in [0, 0.1) is 0 Å². The number of hydrogen-bond acceptors (Lipinski definition) is 3. The lowest BCUT2D eigenvalue weighted by molar-refractivity contribution is -0.116. The van der Waals surface area contributed by atoms with E-state index in [1.807, 2.05) is 12.1 Å². The quantitative estimate of drug-likeness (QED) is 0.879. The number of nitrogens with zero attached hydrogens (tertiary/aromatic N) is 1. The highest BCUT2D eigenvalue weighted by Crippen LogP contribution is 2.17. The van der Waals surface area contributed by atoms with Crippen molar-refractivity contribution in [3.8, 4) is 0 Å². The van der Waals surface area contributed by atoms with Gasteiger partial charge in [0.05, 0.1) is 6.42 Å². The molecule has 2 aromatic rings. The smallest absolute Gasteiger partial charge is 0.228 e. The number of benzene rings is 2. The Kier molecular flexibility index (Phi) is 5.89. The Hall–Kier alpha value is -3.15. The second-order valence-electron chi connectivity index (χ2n) is 5.73. The largest absolute Gasteiger partial charge is 0.326 e. The summed E-state index contributed by atoms with van der Waals surface area (Å²) in [5.74, 6) is -0.378. The third-order valence-electron chi connectivity index (χ3n) is 3.63. The Bertz CT molecular complexity index is 785. The van der Waals surface area contributed by atoms with Crippen molar-refractivity contribution < 1.29 is 14.4 Å². The Morgan fingerprint density at radius 1 is 0.920 bits per heavy atom. The molecular formula is C19H21N3O3. The van der Waals surface area contributed by atoms with Crippen molar-refractivity contribution in [1.82, 2.24) is 0 Å². The number of carbonyl (C=O) groups excluding carboxylic acids is 3. The number of rotatable bonds is 5. The molecule has 0 aliphatic heterocycles. The summed E-state index contributed by atoms with van der Waals surface area (Å²) in [4.78, 5) is 36.1. The standard InChI is InChI=1S/C19H21N3O3/c1-13(23)20-16-5-4-6-17(12-16)21-19(25)11-15-7-9-18(10-8-15)22(3)14(2)24/h4-10,12H,11H2,1-3H3,(H,20,23)(H,21,25). The molecule has 0 atom stereocenters. The van der Waals surface area contributed by atoms with Gasteiger partial charge in [-0.05, 0) is 35.9 Å². The van der Waals surface area contributed by atoms with Gasteiger partial charge in [0.25, 0.3) is 0 Å². The van der Waals surface area contributed by atoms with Crippen LogP contribution in [0.15, 0.2) is 48.5 Å². The third-order valence-corrected chi connectivity index (χ3v) is 3.63. The molecule has 0 aliphatic rings. The minimum Gasteiger partial charge on any atom is -0.326 e. The lowest BCUT2D eigenvalue weighted by Gasteiger charge is -2.15. The van der Waals surface area contributed by atoms with Crippen molar-refractivity contribution in [2.45, 2.75) is 20.3 Å². The zero-order chi connectivity index (χ0) is 18.4. The molecule has 3 amide bonds. The topological polar surface area (TPSA) is 78.5 Å². The molecule has 0 radical (unpaired) electrons. The van der Waals surface area contributed by atoms with Crippen LogP contribution < -0.4 is 15.5 Å². The molecule has 2 aromatic carbocycles. The lowest BCUT2D eigenvalue weighted by Crippen LogP contribution is -2.22. The normalized spacial score (nSPS) is 10.0. The summed E-state index contributed by atoms with van der Waals surface area (Å²) in [6.45, 7) is 2.93. The van der Waals surface area contributed by atoms with Crippen molar-refractivity contribution in [3.05, 3.63) is 54.1 Å². The Balaban J connectivity index is 1.98. The number of nitrogens with one attached hydrogen (secondary N) is 2. The maximum absolute atomic E-state index is 12.2. The van der Waals surface area contributed by atoms with Gasteiger partial charge in [-0.25, -0.2) is 0 Å². The zero-order valence-electron chi connectivity index (χ0n) is 14.5. The van der Waals surface area contributed by atoms with Gasteiger partial charge in [0.1, 0.15) is 0 Å². The van der Waals surface area contributed by atoms with E-state index in [2.05, 4.69) is 10.6 Å². The predicted octanol–water partition coefficient (Wildman–Crippen LogP) is 2.81. The van der Waals surface area contributed by atoms with Crippen LogP contribution in [0.25, 0.3) is 0 Å². The zero-order valence-corrected chi connectivity index (χ0v) is 14.5. The van der Waals surface area contributed by atoms with Gasteiger partial charge in [-0.3, -0.25) is 14.4 Å². The number of carbonyl (C=O) groups is 3. The second kappa shape index (κ2) is 8.10. The van der Waals surface area contributed by atoms with Crippen molar-refractivity contribution in [2.75, 3.05) is 22.6 Å². The van der Waals surface area contributed by atoms with E-state index in [0.29, 0.717) is 11.4 Å². The van der Waals surface area contributed by atoms with Crippen molar-refractivity contribution in [1.29, 1.82) is 0 Å². The van der Waals surface area contributed by atoms with Gasteiger partial charge in [0.2, 0.25) is 17.7 Å². The van der Waals surface area contributed by atoms with Gasteiger partial charge < -0.3 is 15.5 Å². The summed E-state index contributed by atoms with van der Waals surface area (Å²) >= 11 is 0. The highest BCUT2D eigenvalue weighted by Gasteiger charge is 2.08. The molecule has 0 aliphatic carbocycles. The van der Waals surface area contributed by atoms with Crippen molar-refractivity contribution in [2.24, 2.45) is 0 Å². The average Bonchev–Trinajstić information content (AvgIpc) is 2.54. The van der Waals surface area contributed by atoms with E-state index >= 15 is 0 Å². The van der Waals surface area contributed by atoms with Crippen LogP contribution in [0.4, 0.5) is 17.1 Å². The number of amides is 3. The highest BCUT2D eigenvalue weighted by molar-refractivity contribution is 5.94. The Labute approximate surface area is 146 Å². The first-order valence-corrected chi connectivity index (χ1v) is 7.86. The van der Waals surface area contributed by atoms with Crippen LogP contribution in [0.5, 0.6) is 0 Å². The Morgan fingerprint density at radius 2 is 1.52 bits per heavy atom. The van der Waals surface area contributed by atoms with E-state index in [1.165, 1.54) is 18.7 Å². The molecule has 25 heavy (non-hydrogen) atoms. The molecule has 0 spiro atoms. The fourth-order valence-corrected chi connectivity index (χ4v) is 2.29. The van der Waals surface area contributed by atoms with E-state index in [9.17, 15) is 14.4 Å². The lowest BCUT2D eigenvalue weighted by atomic mass is 10.1. The predicted molar refractivity (Wildman–Crippen MR) is 98.6 cm³/mol. The molecule has 0 aromatic heterocycles. The molecule has 2 N–H and O–H groups in total. The van der Waals surface area contributed by atoms with E-state index in [4.69, 9.17) is 0 Å². The third kappa shape index (κ3) is 5.46. The molecule has 0 bridgehead atoms. The summed E-state index contributed by atoms with van der Waals surface area (Å²) in [7, 11) is 1.70. The number of anilines is 3. The van der Waals surface area contributed by atoms with E-state index in [-0.39, 0.29) is 24.1 Å². The highest BCUT2D eigenvalue weighted by atomic mass is 16.2. The first kappa shape index (κ1) is 18.2. The molecule has 6 nitrogen and oxygen atoms in total. The SMILES string of the molecule is CC(=O)Nc1cccc(NC(=O)Cc2ccc(N(C)C(C)=O)cc2)c1. The fraction of sp³-hybridized carbons (Fsp3) is 0.211. The summed E-state index contributed by atoms with van der Waals surface area (Å²) in [5.41, 5.74) is 2.86. The fourth-order valence-electron chi connectivity index (χ4n) is 2.29. The number of hydrogen-bond donors (Lipinski definition) is 2. The molecule has 130 valence electrons.